The summed E-state index contributed by atoms with van der Waals surface area (Å²) in [5, 5.41) is 7.97. The molecular formula is C18H22N4OS. The quantitative estimate of drug-likeness (QED) is 0.931. The number of nitrogens with one attached hydrogen (secondary N) is 1. The predicted molar refractivity (Wildman–Crippen MR) is 97.2 cm³/mol. The van der Waals surface area contributed by atoms with Gasteiger partial charge in [0.2, 0.25) is 5.91 Å². The molecule has 5 nitrogen and oxygen atoms in total. The van der Waals surface area contributed by atoms with E-state index in [1.165, 1.54) is 11.1 Å². The summed E-state index contributed by atoms with van der Waals surface area (Å²) in [5.74, 6) is 3.13. The van der Waals surface area contributed by atoms with Gasteiger partial charge in [-0.2, -0.15) is 16.9 Å². The summed E-state index contributed by atoms with van der Waals surface area (Å²) in [5.41, 5.74) is 3.67. The van der Waals surface area contributed by atoms with Crippen molar-refractivity contribution in [3.63, 3.8) is 0 Å². The maximum atomic E-state index is 12.9. The van der Waals surface area contributed by atoms with Gasteiger partial charge in [0.05, 0.1) is 11.7 Å². The SMILES string of the molecule is Cc1cc(N2CC[C@@H](N[C@@H]3CSCc4ccccc43)C2=O)n(C)n1. The molecule has 0 unspecified atom stereocenters. The van der Waals surface area contributed by atoms with Crippen LogP contribution in [-0.4, -0.2) is 34.0 Å². The van der Waals surface area contributed by atoms with Crippen molar-refractivity contribution in [2.24, 2.45) is 7.05 Å². The lowest BCUT2D eigenvalue weighted by Crippen LogP contribution is -2.42. The van der Waals surface area contributed by atoms with Crippen molar-refractivity contribution in [2.75, 3.05) is 17.2 Å². The van der Waals surface area contributed by atoms with Crippen molar-refractivity contribution >= 4 is 23.5 Å². The third-order valence-corrected chi connectivity index (χ3v) is 5.92. The predicted octanol–water partition coefficient (Wildman–Crippen LogP) is 2.41. The second-order valence-electron chi connectivity index (χ2n) is 6.53. The number of fused-ring (bicyclic) bond motifs is 1. The number of aromatic nitrogens is 2. The van der Waals surface area contributed by atoms with Crippen LogP contribution in [0, 0.1) is 6.92 Å². The summed E-state index contributed by atoms with van der Waals surface area (Å²) in [7, 11) is 1.89. The van der Waals surface area contributed by atoms with Crippen LogP contribution < -0.4 is 10.2 Å². The molecule has 0 aliphatic carbocycles. The summed E-state index contributed by atoms with van der Waals surface area (Å²) in [6, 6.07) is 10.7. The van der Waals surface area contributed by atoms with Gasteiger partial charge in [0.25, 0.3) is 0 Å². The number of rotatable bonds is 3. The van der Waals surface area contributed by atoms with Gasteiger partial charge in [-0.1, -0.05) is 24.3 Å². The number of carbonyl (C=O) groups is 1. The first-order valence-corrected chi connectivity index (χ1v) is 9.52. The van der Waals surface area contributed by atoms with Gasteiger partial charge in [-0.05, 0) is 24.5 Å². The molecule has 4 rings (SSSR count). The molecule has 126 valence electrons. The van der Waals surface area contributed by atoms with E-state index in [0.29, 0.717) is 0 Å². The van der Waals surface area contributed by atoms with E-state index in [2.05, 4.69) is 34.7 Å². The fraction of sp³-hybridized carbons (Fsp3) is 0.444. The highest BCUT2D eigenvalue weighted by molar-refractivity contribution is 7.98. The molecule has 2 aromatic rings. The Kier molecular flexibility index (Phi) is 4.10. The summed E-state index contributed by atoms with van der Waals surface area (Å²) in [6.45, 7) is 2.70. The average Bonchev–Trinajstić information content (AvgIpc) is 3.10. The van der Waals surface area contributed by atoms with E-state index in [4.69, 9.17) is 0 Å². The molecule has 24 heavy (non-hydrogen) atoms. The maximum Gasteiger partial charge on any atom is 0.245 e. The topological polar surface area (TPSA) is 50.2 Å². The minimum atomic E-state index is -0.114. The minimum Gasteiger partial charge on any atom is -0.298 e. The monoisotopic (exact) mass is 342 g/mol. The molecule has 1 fully saturated rings. The first-order valence-electron chi connectivity index (χ1n) is 8.37. The van der Waals surface area contributed by atoms with E-state index in [9.17, 15) is 4.79 Å². The molecule has 1 aromatic carbocycles. The maximum absolute atomic E-state index is 12.9. The van der Waals surface area contributed by atoms with Crippen LogP contribution in [0.5, 0.6) is 0 Å². The number of amides is 1. The van der Waals surface area contributed by atoms with E-state index >= 15 is 0 Å². The largest absolute Gasteiger partial charge is 0.298 e. The smallest absolute Gasteiger partial charge is 0.245 e. The molecule has 0 radical (unpaired) electrons. The molecular weight excluding hydrogens is 320 g/mol. The lowest BCUT2D eigenvalue weighted by atomic mass is 10.0. The van der Waals surface area contributed by atoms with Crippen molar-refractivity contribution in [3.05, 3.63) is 47.2 Å². The van der Waals surface area contributed by atoms with Crippen LogP contribution in [0.25, 0.3) is 0 Å². The van der Waals surface area contributed by atoms with Gasteiger partial charge in [-0.15, -0.1) is 0 Å². The molecule has 1 N–H and O–H groups in total. The lowest BCUT2D eigenvalue weighted by Gasteiger charge is -2.28. The van der Waals surface area contributed by atoms with E-state index in [0.717, 1.165) is 36.0 Å². The Morgan fingerprint density at radius 1 is 1.29 bits per heavy atom. The number of hydrogen-bond donors (Lipinski definition) is 1. The van der Waals surface area contributed by atoms with Gasteiger partial charge >= 0.3 is 0 Å². The number of thioether (sulfide) groups is 1. The van der Waals surface area contributed by atoms with E-state index in [1.54, 1.807) is 4.68 Å². The van der Waals surface area contributed by atoms with Gasteiger partial charge in [-0.3, -0.25) is 19.7 Å². The van der Waals surface area contributed by atoms with Crippen LogP contribution in [0.2, 0.25) is 0 Å². The molecule has 0 spiro atoms. The van der Waals surface area contributed by atoms with Gasteiger partial charge < -0.3 is 0 Å². The zero-order chi connectivity index (χ0) is 16.7. The van der Waals surface area contributed by atoms with Crippen LogP contribution in [0.4, 0.5) is 5.82 Å². The summed E-state index contributed by atoms with van der Waals surface area (Å²) in [4.78, 5) is 14.7. The van der Waals surface area contributed by atoms with Crippen molar-refractivity contribution < 1.29 is 4.79 Å². The number of hydrogen-bond acceptors (Lipinski definition) is 4. The van der Waals surface area contributed by atoms with Gasteiger partial charge in [-0.25, -0.2) is 0 Å². The summed E-state index contributed by atoms with van der Waals surface area (Å²) in [6.07, 6.45) is 0.840. The zero-order valence-corrected chi connectivity index (χ0v) is 14.8. The Labute approximate surface area is 146 Å². The van der Waals surface area contributed by atoms with Crippen molar-refractivity contribution in [2.45, 2.75) is 31.2 Å². The van der Waals surface area contributed by atoms with Crippen molar-refractivity contribution in [1.29, 1.82) is 0 Å². The summed E-state index contributed by atoms with van der Waals surface area (Å²) >= 11 is 1.93. The molecule has 1 aromatic heterocycles. The fourth-order valence-electron chi connectivity index (χ4n) is 3.67. The molecule has 6 heteroatoms. The Hall–Kier alpha value is -1.79. The van der Waals surface area contributed by atoms with E-state index < -0.39 is 0 Å². The minimum absolute atomic E-state index is 0.114. The molecule has 2 atom stereocenters. The normalized spacial score (nSPS) is 23.6. The number of benzene rings is 1. The van der Waals surface area contributed by atoms with Crippen LogP contribution >= 0.6 is 11.8 Å². The number of carbonyl (C=O) groups excluding carboxylic acids is 1. The first-order chi connectivity index (χ1) is 11.6. The highest BCUT2D eigenvalue weighted by Gasteiger charge is 2.36. The van der Waals surface area contributed by atoms with Gasteiger partial charge in [0, 0.05) is 37.2 Å². The van der Waals surface area contributed by atoms with Crippen LogP contribution in [0.3, 0.4) is 0 Å². The number of anilines is 1. The molecule has 0 bridgehead atoms. The van der Waals surface area contributed by atoms with Crippen LogP contribution in [-0.2, 0) is 17.6 Å². The average molecular weight is 342 g/mol. The second kappa shape index (κ2) is 6.26. The third-order valence-electron chi connectivity index (χ3n) is 4.83. The standard InChI is InChI=1S/C18H22N4OS/c1-12-9-17(21(2)20-12)22-8-7-15(18(22)23)19-16-11-24-10-13-5-3-4-6-14(13)16/h3-6,9,15-16,19H,7-8,10-11H2,1-2H3/t15-,16-/m1/s1. The van der Waals surface area contributed by atoms with Crippen molar-refractivity contribution in [3.8, 4) is 0 Å². The first kappa shape index (κ1) is 15.7. The molecule has 2 aliphatic heterocycles. The summed E-state index contributed by atoms with van der Waals surface area (Å²) < 4.78 is 1.79. The Balaban J connectivity index is 1.51. The van der Waals surface area contributed by atoms with Gasteiger partial charge in [0.1, 0.15) is 5.82 Å². The molecule has 2 aliphatic rings. The lowest BCUT2D eigenvalue weighted by molar-refractivity contribution is -0.119. The van der Waals surface area contributed by atoms with Crippen LogP contribution in [0.15, 0.2) is 30.3 Å². The Morgan fingerprint density at radius 3 is 2.92 bits per heavy atom. The Bertz CT molecular complexity index is 772. The highest BCUT2D eigenvalue weighted by Crippen LogP contribution is 2.33. The zero-order valence-electron chi connectivity index (χ0n) is 14.0. The molecule has 3 heterocycles. The molecule has 0 saturated carbocycles. The van der Waals surface area contributed by atoms with Crippen molar-refractivity contribution in [1.82, 2.24) is 15.1 Å². The van der Waals surface area contributed by atoms with Crippen LogP contribution in [0.1, 0.15) is 29.3 Å². The Morgan fingerprint density at radius 2 is 2.12 bits per heavy atom. The molecule has 1 saturated heterocycles. The second-order valence-corrected chi connectivity index (χ2v) is 7.56. The number of nitrogens with zero attached hydrogens (tertiary/aromatic N) is 3. The fourth-order valence-corrected chi connectivity index (χ4v) is 4.79. The highest BCUT2D eigenvalue weighted by atomic mass is 32.2. The molecule has 1 amide bonds. The van der Waals surface area contributed by atoms with E-state index in [1.807, 2.05) is 36.7 Å². The van der Waals surface area contributed by atoms with Gasteiger partial charge in [0.15, 0.2) is 0 Å². The number of aryl methyl sites for hydroxylation is 2. The van der Waals surface area contributed by atoms with E-state index in [-0.39, 0.29) is 18.0 Å². The third kappa shape index (κ3) is 2.74.